The van der Waals surface area contributed by atoms with Crippen molar-refractivity contribution in [1.82, 2.24) is 30.5 Å². The van der Waals surface area contributed by atoms with Crippen molar-refractivity contribution in [3.63, 3.8) is 0 Å². The highest BCUT2D eigenvalue weighted by molar-refractivity contribution is 5.92. The zero-order valence-corrected chi connectivity index (χ0v) is 14.8. The molecule has 0 aromatic carbocycles. The van der Waals surface area contributed by atoms with E-state index in [0.29, 0.717) is 11.7 Å². The third-order valence-electron chi connectivity index (χ3n) is 4.55. The molecular formula is C16H25N7O2. The van der Waals surface area contributed by atoms with Crippen LogP contribution in [0.5, 0.6) is 0 Å². The Bertz CT molecular complexity index is 716. The summed E-state index contributed by atoms with van der Waals surface area (Å²) in [6, 6.07) is 0.134. The lowest BCUT2D eigenvalue weighted by molar-refractivity contribution is 0.0927. The van der Waals surface area contributed by atoms with Gasteiger partial charge in [0.05, 0.1) is 12.2 Å². The van der Waals surface area contributed by atoms with Crippen LogP contribution in [0.2, 0.25) is 0 Å². The molecule has 1 fully saturated rings. The van der Waals surface area contributed by atoms with Crippen LogP contribution in [0.25, 0.3) is 0 Å². The van der Waals surface area contributed by atoms with Gasteiger partial charge in [0.15, 0.2) is 11.5 Å². The summed E-state index contributed by atoms with van der Waals surface area (Å²) in [5.41, 5.74) is 6.21. The van der Waals surface area contributed by atoms with E-state index < -0.39 is 6.04 Å². The first-order chi connectivity index (χ1) is 11.9. The Morgan fingerprint density at radius 3 is 2.68 bits per heavy atom. The molecule has 9 nitrogen and oxygen atoms in total. The highest BCUT2D eigenvalue weighted by atomic mass is 16.5. The van der Waals surface area contributed by atoms with E-state index >= 15 is 0 Å². The number of amides is 1. The molecule has 1 atom stereocenters. The first-order valence-corrected chi connectivity index (χ1v) is 8.75. The maximum absolute atomic E-state index is 12.4. The van der Waals surface area contributed by atoms with Gasteiger partial charge in [0.25, 0.3) is 5.91 Å². The average Bonchev–Trinajstić information content (AvgIpc) is 3.25. The summed E-state index contributed by atoms with van der Waals surface area (Å²) in [5.74, 6) is 0.864. The molecule has 136 valence electrons. The fourth-order valence-electron chi connectivity index (χ4n) is 2.92. The molecule has 25 heavy (non-hydrogen) atoms. The number of nitrogens with one attached hydrogen (secondary N) is 1. The van der Waals surface area contributed by atoms with Gasteiger partial charge in [-0.05, 0) is 32.6 Å². The van der Waals surface area contributed by atoms with Crippen molar-refractivity contribution in [3.8, 4) is 0 Å². The smallest absolute Gasteiger partial charge is 0.274 e. The van der Waals surface area contributed by atoms with E-state index in [4.69, 9.17) is 10.3 Å². The molecule has 0 radical (unpaired) electrons. The predicted octanol–water partition coefficient (Wildman–Crippen LogP) is 1.72. The summed E-state index contributed by atoms with van der Waals surface area (Å²) in [5, 5.41) is 14.8. The first kappa shape index (κ1) is 17.5. The monoisotopic (exact) mass is 347 g/mol. The van der Waals surface area contributed by atoms with Crippen LogP contribution in [0.4, 0.5) is 0 Å². The highest BCUT2D eigenvalue weighted by Gasteiger charge is 2.24. The first-order valence-electron chi connectivity index (χ1n) is 8.75. The van der Waals surface area contributed by atoms with Gasteiger partial charge in [-0.3, -0.25) is 4.79 Å². The molecule has 0 aliphatic heterocycles. The third-order valence-corrected chi connectivity index (χ3v) is 4.55. The Hall–Kier alpha value is -2.29. The molecular weight excluding hydrogens is 322 g/mol. The minimum atomic E-state index is -0.398. The van der Waals surface area contributed by atoms with Gasteiger partial charge in [0.2, 0.25) is 5.89 Å². The van der Waals surface area contributed by atoms with Crippen LogP contribution in [0.1, 0.15) is 86.7 Å². The van der Waals surface area contributed by atoms with Gasteiger partial charge in [-0.2, -0.15) is 4.98 Å². The zero-order valence-electron chi connectivity index (χ0n) is 14.8. The van der Waals surface area contributed by atoms with Gasteiger partial charge >= 0.3 is 0 Å². The number of carbonyl (C=O) groups is 1. The van der Waals surface area contributed by atoms with Crippen LogP contribution in [0.3, 0.4) is 0 Å². The summed E-state index contributed by atoms with van der Waals surface area (Å²) >= 11 is 0. The van der Waals surface area contributed by atoms with Crippen molar-refractivity contribution >= 4 is 5.91 Å². The molecule has 1 aliphatic rings. The Kier molecular flexibility index (Phi) is 5.12. The van der Waals surface area contributed by atoms with Gasteiger partial charge in [-0.25, -0.2) is 4.68 Å². The van der Waals surface area contributed by atoms with Crippen molar-refractivity contribution in [3.05, 3.63) is 23.6 Å². The number of rotatable bonds is 5. The van der Waals surface area contributed by atoms with Crippen molar-refractivity contribution in [2.24, 2.45) is 5.73 Å². The summed E-state index contributed by atoms with van der Waals surface area (Å²) in [6.45, 7) is 5.76. The molecule has 9 heteroatoms. The Morgan fingerprint density at radius 2 is 2.04 bits per heavy atom. The van der Waals surface area contributed by atoms with Gasteiger partial charge in [0.1, 0.15) is 6.04 Å². The van der Waals surface area contributed by atoms with Crippen molar-refractivity contribution in [2.75, 3.05) is 0 Å². The topological polar surface area (TPSA) is 125 Å². The number of carbonyl (C=O) groups excluding carboxylic acids is 1. The predicted molar refractivity (Wildman–Crippen MR) is 89.8 cm³/mol. The van der Waals surface area contributed by atoms with Gasteiger partial charge in [0, 0.05) is 12.0 Å². The van der Waals surface area contributed by atoms with Gasteiger partial charge < -0.3 is 15.6 Å². The van der Waals surface area contributed by atoms with E-state index in [9.17, 15) is 4.79 Å². The maximum Gasteiger partial charge on any atom is 0.274 e. The fourth-order valence-corrected chi connectivity index (χ4v) is 2.92. The molecule has 2 aromatic heterocycles. The maximum atomic E-state index is 12.4. The summed E-state index contributed by atoms with van der Waals surface area (Å²) in [4.78, 5) is 16.7. The van der Waals surface area contributed by atoms with E-state index in [-0.39, 0.29) is 29.6 Å². The van der Waals surface area contributed by atoms with Crippen LogP contribution in [0.15, 0.2) is 10.7 Å². The van der Waals surface area contributed by atoms with E-state index in [0.717, 1.165) is 25.7 Å². The van der Waals surface area contributed by atoms with Crippen LogP contribution >= 0.6 is 0 Å². The Labute approximate surface area is 146 Å². The number of aromatic nitrogens is 5. The van der Waals surface area contributed by atoms with Crippen LogP contribution in [0, 0.1) is 0 Å². The lowest BCUT2D eigenvalue weighted by atomic mass is 9.92. The van der Waals surface area contributed by atoms with Crippen LogP contribution < -0.4 is 11.1 Å². The molecule has 0 spiro atoms. The molecule has 3 rings (SSSR count). The fraction of sp³-hybridized carbons (Fsp3) is 0.688. The molecule has 0 bridgehead atoms. The molecule has 1 saturated carbocycles. The Morgan fingerprint density at radius 1 is 1.32 bits per heavy atom. The average molecular weight is 347 g/mol. The molecule has 1 amide bonds. The summed E-state index contributed by atoms with van der Waals surface area (Å²) in [6.07, 6.45) is 5.55. The molecule has 2 heterocycles. The standard InChI is InChI=1S/C16H25N7O2/c1-9(2)14-19-16(25-21-14)10(3)18-15(24)13-8-23(22-20-13)12-6-4-11(17)5-7-12/h8-12H,4-7,17H2,1-3H3,(H,18,24)/t10-,11?,12?/m0/s1. The second kappa shape index (κ2) is 7.30. The van der Waals surface area contributed by atoms with Crippen LogP contribution in [-0.4, -0.2) is 37.1 Å². The van der Waals surface area contributed by atoms with Crippen molar-refractivity contribution in [2.45, 2.75) is 70.5 Å². The van der Waals surface area contributed by atoms with E-state index in [1.165, 1.54) is 0 Å². The van der Waals surface area contributed by atoms with Crippen molar-refractivity contribution in [1.29, 1.82) is 0 Å². The summed E-state index contributed by atoms with van der Waals surface area (Å²) in [7, 11) is 0. The number of nitrogens with zero attached hydrogens (tertiary/aromatic N) is 5. The third kappa shape index (κ3) is 4.04. The second-order valence-electron chi connectivity index (χ2n) is 6.99. The summed E-state index contributed by atoms with van der Waals surface area (Å²) < 4.78 is 6.98. The minimum absolute atomic E-state index is 0.170. The zero-order chi connectivity index (χ0) is 18.0. The van der Waals surface area contributed by atoms with Crippen molar-refractivity contribution < 1.29 is 9.32 Å². The molecule has 0 saturated heterocycles. The lowest BCUT2D eigenvalue weighted by Crippen LogP contribution is -2.28. The number of nitrogens with two attached hydrogens (primary N) is 1. The molecule has 0 unspecified atom stereocenters. The van der Waals surface area contributed by atoms with E-state index in [1.807, 2.05) is 13.8 Å². The largest absolute Gasteiger partial charge is 0.339 e. The normalized spacial score (nSPS) is 22.1. The quantitative estimate of drug-likeness (QED) is 0.843. The Balaban J connectivity index is 1.61. The van der Waals surface area contributed by atoms with E-state index in [1.54, 1.807) is 17.8 Å². The van der Waals surface area contributed by atoms with Gasteiger partial charge in [-0.15, -0.1) is 5.10 Å². The SMILES string of the molecule is CC(C)c1noc([C@H](C)NC(=O)c2cn(C3CCC(N)CC3)nn2)n1. The molecule has 1 aliphatic carbocycles. The van der Waals surface area contributed by atoms with Crippen LogP contribution in [-0.2, 0) is 0 Å². The molecule has 2 aromatic rings. The highest BCUT2D eigenvalue weighted by Crippen LogP contribution is 2.26. The van der Waals surface area contributed by atoms with Gasteiger partial charge in [-0.1, -0.05) is 24.2 Å². The minimum Gasteiger partial charge on any atom is -0.339 e. The van der Waals surface area contributed by atoms with E-state index in [2.05, 4.69) is 25.8 Å². The second-order valence-corrected chi connectivity index (χ2v) is 6.99. The lowest BCUT2D eigenvalue weighted by Gasteiger charge is -2.25. The number of hydrogen-bond donors (Lipinski definition) is 2. The number of hydrogen-bond acceptors (Lipinski definition) is 7. The molecule has 3 N–H and O–H groups in total.